The van der Waals surface area contributed by atoms with Crippen LogP contribution >= 0.6 is 11.8 Å². The zero-order valence-corrected chi connectivity index (χ0v) is 11.7. The molecule has 5 heteroatoms. The van der Waals surface area contributed by atoms with Crippen molar-refractivity contribution in [2.45, 2.75) is 0 Å². The highest BCUT2D eigenvalue weighted by Gasteiger charge is 2.23. The van der Waals surface area contributed by atoms with E-state index in [1.165, 1.54) is 23.9 Å². The zero-order chi connectivity index (χ0) is 14.7. The standard InChI is InChI=1S/C16H11FN2OS/c17-12-6-4-5-11(9-12)10-14-15(20)19-16(21-14)18-13-7-2-1-3-8-13/h1-10H,(H,18,19,20)/b14-10+. The first-order chi connectivity index (χ1) is 10.2. The molecule has 0 saturated carbocycles. The molecule has 0 aliphatic carbocycles. The number of hydrogen-bond acceptors (Lipinski definition) is 3. The Morgan fingerprint density at radius 3 is 2.67 bits per heavy atom. The summed E-state index contributed by atoms with van der Waals surface area (Å²) in [6.45, 7) is 0. The second-order valence-electron chi connectivity index (χ2n) is 4.37. The van der Waals surface area contributed by atoms with Crippen molar-refractivity contribution in [1.29, 1.82) is 0 Å². The van der Waals surface area contributed by atoms with Crippen molar-refractivity contribution in [3.8, 4) is 0 Å². The van der Waals surface area contributed by atoms with Crippen LogP contribution in [0.1, 0.15) is 5.56 Å². The Labute approximate surface area is 125 Å². The first-order valence-corrected chi connectivity index (χ1v) is 7.12. The van der Waals surface area contributed by atoms with Gasteiger partial charge in [0.15, 0.2) is 5.17 Å². The quantitative estimate of drug-likeness (QED) is 0.859. The first kappa shape index (κ1) is 13.6. The second-order valence-corrected chi connectivity index (χ2v) is 5.40. The topological polar surface area (TPSA) is 41.5 Å². The van der Waals surface area contributed by atoms with E-state index in [1.807, 2.05) is 30.3 Å². The van der Waals surface area contributed by atoms with Gasteiger partial charge in [0, 0.05) is 0 Å². The van der Waals surface area contributed by atoms with Gasteiger partial charge in [0.25, 0.3) is 5.91 Å². The Morgan fingerprint density at radius 2 is 1.90 bits per heavy atom. The fourth-order valence-corrected chi connectivity index (χ4v) is 2.69. The molecular weight excluding hydrogens is 287 g/mol. The van der Waals surface area contributed by atoms with Gasteiger partial charge in [-0.2, -0.15) is 0 Å². The summed E-state index contributed by atoms with van der Waals surface area (Å²) < 4.78 is 13.1. The number of thioether (sulfide) groups is 1. The van der Waals surface area contributed by atoms with Gasteiger partial charge in [-0.3, -0.25) is 4.79 Å². The van der Waals surface area contributed by atoms with Crippen LogP contribution < -0.4 is 5.32 Å². The van der Waals surface area contributed by atoms with Crippen molar-refractivity contribution in [3.63, 3.8) is 0 Å². The van der Waals surface area contributed by atoms with E-state index < -0.39 is 0 Å². The molecule has 2 aromatic rings. The molecule has 3 nitrogen and oxygen atoms in total. The minimum Gasteiger partial charge on any atom is -0.300 e. The number of hydrogen-bond donors (Lipinski definition) is 1. The first-order valence-electron chi connectivity index (χ1n) is 6.31. The summed E-state index contributed by atoms with van der Waals surface area (Å²) in [6.07, 6.45) is 1.65. The van der Waals surface area contributed by atoms with Crippen molar-refractivity contribution >= 4 is 34.6 Å². The molecule has 1 fully saturated rings. The van der Waals surface area contributed by atoms with Gasteiger partial charge < -0.3 is 5.32 Å². The lowest BCUT2D eigenvalue weighted by Gasteiger charge is -1.95. The van der Waals surface area contributed by atoms with Crippen LogP contribution in [-0.4, -0.2) is 11.1 Å². The smallest absolute Gasteiger partial charge is 0.264 e. The number of halogens is 1. The van der Waals surface area contributed by atoms with Crippen LogP contribution in [0, 0.1) is 5.82 Å². The number of aliphatic imine (C=N–C) groups is 1. The molecule has 0 atom stereocenters. The largest absolute Gasteiger partial charge is 0.300 e. The molecule has 104 valence electrons. The summed E-state index contributed by atoms with van der Waals surface area (Å²) in [6, 6.07) is 15.5. The summed E-state index contributed by atoms with van der Waals surface area (Å²) in [5.74, 6) is -0.551. The lowest BCUT2D eigenvalue weighted by molar-refractivity contribution is -0.115. The Hall–Kier alpha value is -2.40. The lowest BCUT2D eigenvalue weighted by Crippen LogP contribution is -2.19. The van der Waals surface area contributed by atoms with Crippen molar-refractivity contribution in [2.24, 2.45) is 4.99 Å². The van der Waals surface area contributed by atoms with E-state index in [9.17, 15) is 9.18 Å². The van der Waals surface area contributed by atoms with Gasteiger partial charge in [-0.1, -0.05) is 30.3 Å². The normalized spacial score (nSPS) is 18.2. The summed E-state index contributed by atoms with van der Waals surface area (Å²) in [5.41, 5.74) is 1.42. The number of amides is 1. The summed E-state index contributed by atoms with van der Waals surface area (Å²) in [7, 11) is 0. The maximum Gasteiger partial charge on any atom is 0.264 e. The van der Waals surface area contributed by atoms with Crippen molar-refractivity contribution < 1.29 is 9.18 Å². The minimum atomic E-state index is -0.328. The second kappa shape index (κ2) is 5.93. The number of benzene rings is 2. The number of nitrogens with zero attached hydrogens (tertiary/aromatic N) is 1. The fraction of sp³-hybridized carbons (Fsp3) is 0. The van der Waals surface area contributed by atoms with Crippen LogP contribution in [0.3, 0.4) is 0 Å². The molecule has 3 rings (SSSR count). The molecule has 2 aromatic carbocycles. The van der Waals surface area contributed by atoms with Gasteiger partial charge in [0.2, 0.25) is 0 Å². The predicted molar refractivity (Wildman–Crippen MR) is 83.6 cm³/mol. The summed E-state index contributed by atoms with van der Waals surface area (Å²) in [4.78, 5) is 16.7. The zero-order valence-electron chi connectivity index (χ0n) is 10.9. The van der Waals surface area contributed by atoms with E-state index in [-0.39, 0.29) is 11.7 Å². The molecule has 0 bridgehead atoms. The SMILES string of the molecule is O=C1NC(=Nc2ccccc2)S/C1=C/c1cccc(F)c1. The number of para-hydroxylation sites is 1. The van der Waals surface area contributed by atoms with E-state index in [0.717, 1.165) is 5.69 Å². The number of rotatable bonds is 2. The van der Waals surface area contributed by atoms with E-state index in [0.29, 0.717) is 15.6 Å². The third-order valence-electron chi connectivity index (χ3n) is 2.78. The highest BCUT2D eigenvalue weighted by molar-refractivity contribution is 8.18. The van der Waals surface area contributed by atoms with Gasteiger partial charge in [0.1, 0.15) is 5.82 Å². The molecule has 21 heavy (non-hydrogen) atoms. The van der Waals surface area contributed by atoms with Gasteiger partial charge in [-0.15, -0.1) is 0 Å². The van der Waals surface area contributed by atoms with E-state index in [1.54, 1.807) is 18.2 Å². The number of nitrogens with one attached hydrogen (secondary N) is 1. The Kier molecular flexibility index (Phi) is 3.83. The molecule has 0 unspecified atom stereocenters. The Bertz CT molecular complexity index is 741. The average Bonchev–Trinajstić information content (AvgIpc) is 2.80. The molecule has 1 aliphatic rings. The summed E-state index contributed by atoms with van der Waals surface area (Å²) >= 11 is 1.24. The number of amidine groups is 1. The van der Waals surface area contributed by atoms with Gasteiger partial charge in [0.05, 0.1) is 10.6 Å². The molecule has 1 saturated heterocycles. The van der Waals surface area contributed by atoms with Gasteiger partial charge in [-0.25, -0.2) is 9.38 Å². The predicted octanol–water partition coefficient (Wildman–Crippen LogP) is 3.72. The summed E-state index contributed by atoms with van der Waals surface area (Å²) in [5, 5.41) is 3.22. The molecule has 1 amide bonds. The molecule has 0 spiro atoms. The lowest BCUT2D eigenvalue weighted by atomic mass is 10.2. The van der Waals surface area contributed by atoms with Gasteiger partial charge >= 0.3 is 0 Å². The van der Waals surface area contributed by atoms with Gasteiger partial charge in [-0.05, 0) is 47.7 Å². The molecule has 0 radical (unpaired) electrons. The molecular formula is C16H11FN2OS. The van der Waals surface area contributed by atoms with Crippen LogP contribution in [0.2, 0.25) is 0 Å². The van der Waals surface area contributed by atoms with Crippen LogP contribution in [0.4, 0.5) is 10.1 Å². The van der Waals surface area contributed by atoms with E-state index >= 15 is 0 Å². The maximum atomic E-state index is 13.1. The molecule has 1 heterocycles. The highest BCUT2D eigenvalue weighted by atomic mass is 32.2. The number of carbonyl (C=O) groups excluding carboxylic acids is 1. The van der Waals surface area contributed by atoms with Crippen LogP contribution in [0.5, 0.6) is 0 Å². The van der Waals surface area contributed by atoms with Crippen molar-refractivity contribution in [3.05, 3.63) is 70.9 Å². The monoisotopic (exact) mass is 298 g/mol. The maximum absolute atomic E-state index is 13.1. The van der Waals surface area contributed by atoms with E-state index in [2.05, 4.69) is 10.3 Å². The van der Waals surface area contributed by atoms with Crippen LogP contribution in [0.15, 0.2) is 64.5 Å². The third-order valence-corrected chi connectivity index (χ3v) is 3.69. The van der Waals surface area contributed by atoms with E-state index in [4.69, 9.17) is 0 Å². The fourth-order valence-electron chi connectivity index (χ4n) is 1.85. The van der Waals surface area contributed by atoms with Crippen molar-refractivity contribution in [2.75, 3.05) is 0 Å². The average molecular weight is 298 g/mol. The Morgan fingerprint density at radius 1 is 1.10 bits per heavy atom. The van der Waals surface area contributed by atoms with Crippen LogP contribution in [0.25, 0.3) is 6.08 Å². The minimum absolute atomic E-state index is 0.223. The molecule has 0 aromatic heterocycles. The number of carbonyl (C=O) groups is 1. The van der Waals surface area contributed by atoms with Crippen LogP contribution in [-0.2, 0) is 4.79 Å². The van der Waals surface area contributed by atoms with Crippen molar-refractivity contribution in [1.82, 2.24) is 5.32 Å². The Balaban J connectivity index is 1.84. The molecule has 1 N–H and O–H groups in total. The highest BCUT2D eigenvalue weighted by Crippen LogP contribution is 2.27. The third kappa shape index (κ3) is 3.38. The molecule has 1 aliphatic heterocycles.